The summed E-state index contributed by atoms with van der Waals surface area (Å²) in [5, 5.41) is 0.429. The van der Waals surface area contributed by atoms with E-state index in [4.69, 9.17) is 11.6 Å². The van der Waals surface area contributed by atoms with E-state index in [0.717, 1.165) is 24.8 Å². The highest BCUT2D eigenvalue weighted by atomic mass is 35.5. The van der Waals surface area contributed by atoms with Gasteiger partial charge in [0.15, 0.2) is 0 Å². The Morgan fingerprint density at radius 3 is 2.68 bits per heavy atom. The number of benzene rings is 2. The molecule has 0 aromatic heterocycles. The van der Waals surface area contributed by atoms with Crippen molar-refractivity contribution in [3.63, 3.8) is 0 Å². The van der Waals surface area contributed by atoms with Crippen LogP contribution in [0.1, 0.15) is 30.0 Å². The van der Waals surface area contributed by atoms with Gasteiger partial charge in [-0.3, -0.25) is 0 Å². The standard InChI is InChI=1S/C17H18ClNO2S/c1-19(22(20,21)15-9-5-8-14(18)12-15)17-11-4-7-13-6-2-3-10-16(13)17/h2-3,5-6,8-10,12,17H,4,7,11H2,1H3/t17-/m0/s1. The second-order valence-electron chi connectivity index (χ2n) is 5.59. The van der Waals surface area contributed by atoms with E-state index in [0.29, 0.717) is 5.02 Å². The second-order valence-corrected chi connectivity index (χ2v) is 8.02. The van der Waals surface area contributed by atoms with Crippen molar-refractivity contribution in [3.05, 3.63) is 64.7 Å². The molecule has 3 nitrogen and oxygen atoms in total. The van der Waals surface area contributed by atoms with E-state index in [9.17, 15) is 8.42 Å². The number of fused-ring (bicyclic) bond motifs is 1. The van der Waals surface area contributed by atoms with Crippen LogP contribution in [0.25, 0.3) is 0 Å². The molecule has 116 valence electrons. The molecule has 0 heterocycles. The van der Waals surface area contributed by atoms with Gasteiger partial charge in [-0.15, -0.1) is 0 Å². The van der Waals surface area contributed by atoms with E-state index in [2.05, 4.69) is 6.07 Å². The van der Waals surface area contributed by atoms with Crippen LogP contribution in [0.2, 0.25) is 5.02 Å². The fraction of sp³-hybridized carbons (Fsp3) is 0.294. The lowest BCUT2D eigenvalue weighted by Crippen LogP contribution is -2.33. The highest BCUT2D eigenvalue weighted by Gasteiger charge is 2.31. The fourth-order valence-electron chi connectivity index (χ4n) is 3.07. The van der Waals surface area contributed by atoms with E-state index in [-0.39, 0.29) is 10.9 Å². The van der Waals surface area contributed by atoms with Crippen molar-refractivity contribution in [3.8, 4) is 0 Å². The second kappa shape index (κ2) is 6.03. The molecule has 0 saturated heterocycles. The quantitative estimate of drug-likeness (QED) is 0.849. The van der Waals surface area contributed by atoms with Crippen LogP contribution in [0.4, 0.5) is 0 Å². The summed E-state index contributed by atoms with van der Waals surface area (Å²) in [5.74, 6) is 0. The van der Waals surface area contributed by atoms with Crippen molar-refractivity contribution < 1.29 is 8.42 Å². The normalized spacial score (nSPS) is 18.2. The Kier molecular flexibility index (Phi) is 4.26. The van der Waals surface area contributed by atoms with Gasteiger partial charge in [0.05, 0.1) is 4.90 Å². The summed E-state index contributed by atoms with van der Waals surface area (Å²) in [6.07, 6.45) is 2.85. The predicted octanol–water partition coefficient (Wildman–Crippen LogP) is 4.04. The summed E-state index contributed by atoms with van der Waals surface area (Å²) in [4.78, 5) is 0.241. The summed E-state index contributed by atoms with van der Waals surface area (Å²) in [7, 11) is -1.90. The first-order valence-electron chi connectivity index (χ1n) is 7.31. The molecule has 0 N–H and O–H groups in total. The SMILES string of the molecule is CN([C@H]1CCCc2ccccc21)S(=O)(=O)c1cccc(Cl)c1. The van der Waals surface area contributed by atoms with Gasteiger partial charge in [-0.1, -0.05) is 41.9 Å². The maximum Gasteiger partial charge on any atom is 0.243 e. The lowest BCUT2D eigenvalue weighted by atomic mass is 9.88. The molecule has 1 atom stereocenters. The molecule has 5 heteroatoms. The third-order valence-electron chi connectivity index (χ3n) is 4.25. The zero-order chi connectivity index (χ0) is 15.7. The number of aryl methyl sites for hydroxylation is 1. The van der Waals surface area contributed by atoms with E-state index in [1.165, 1.54) is 15.9 Å². The molecule has 0 bridgehead atoms. The first-order chi connectivity index (χ1) is 10.5. The third-order valence-corrected chi connectivity index (χ3v) is 6.35. The monoisotopic (exact) mass is 335 g/mol. The van der Waals surface area contributed by atoms with Crippen molar-refractivity contribution in [1.82, 2.24) is 4.31 Å². The van der Waals surface area contributed by atoms with Crippen molar-refractivity contribution in [1.29, 1.82) is 0 Å². The molecule has 1 aliphatic carbocycles. The molecule has 0 aliphatic heterocycles. The minimum absolute atomic E-state index is 0.117. The molecule has 0 amide bonds. The maximum atomic E-state index is 12.9. The maximum absolute atomic E-state index is 12.9. The Morgan fingerprint density at radius 1 is 1.14 bits per heavy atom. The Hall–Kier alpha value is -1.36. The first-order valence-corrected chi connectivity index (χ1v) is 9.13. The van der Waals surface area contributed by atoms with Crippen molar-refractivity contribution in [2.45, 2.75) is 30.2 Å². The molecule has 2 aromatic rings. The van der Waals surface area contributed by atoms with Gasteiger partial charge in [-0.2, -0.15) is 4.31 Å². The van der Waals surface area contributed by atoms with Gasteiger partial charge >= 0.3 is 0 Å². The number of nitrogens with zero attached hydrogens (tertiary/aromatic N) is 1. The highest BCUT2D eigenvalue weighted by Crippen LogP contribution is 2.36. The van der Waals surface area contributed by atoms with Gasteiger partial charge in [0, 0.05) is 18.1 Å². The molecular formula is C17H18ClNO2S. The third kappa shape index (κ3) is 2.78. The smallest absolute Gasteiger partial charge is 0.207 e. The Bertz CT molecular complexity index is 789. The van der Waals surface area contributed by atoms with E-state index < -0.39 is 10.0 Å². The molecule has 3 rings (SSSR count). The molecule has 2 aromatic carbocycles. The van der Waals surface area contributed by atoms with Crippen LogP contribution in [0.15, 0.2) is 53.4 Å². The largest absolute Gasteiger partial charge is 0.243 e. The molecule has 0 fully saturated rings. The predicted molar refractivity (Wildman–Crippen MR) is 88.5 cm³/mol. The average molecular weight is 336 g/mol. The van der Waals surface area contributed by atoms with Crippen LogP contribution in [0, 0.1) is 0 Å². The summed E-state index contributed by atoms with van der Waals surface area (Å²) in [6, 6.07) is 14.4. The molecular weight excluding hydrogens is 318 g/mol. The molecule has 0 radical (unpaired) electrons. The molecule has 1 aliphatic rings. The van der Waals surface area contributed by atoms with Crippen LogP contribution in [0.3, 0.4) is 0 Å². The topological polar surface area (TPSA) is 37.4 Å². The van der Waals surface area contributed by atoms with Gasteiger partial charge < -0.3 is 0 Å². The van der Waals surface area contributed by atoms with E-state index in [1.807, 2.05) is 18.2 Å². The van der Waals surface area contributed by atoms with Gasteiger partial charge in [0.2, 0.25) is 10.0 Å². The number of sulfonamides is 1. The average Bonchev–Trinajstić information content (AvgIpc) is 2.53. The van der Waals surface area contributed by atoms with Gasteiger partial charge in [-0.25, -0.2) is 8.42 Å². The number of hydrogen-bond acceptors (Lipinski definition) is 2. The lowest BCUT2D eigenvalue weighted by molar-refractivity contribution is 0.337. The minimum Gasteiger partial charge on any atom is -0.207 e. The zero-order valence-corrected chi connectivity index (χ0v) is 13.9. The zero-order valence-electron chi connectivity index (χ0n) is 12.4. The van der Waals surface area contributed by atoms with Crippen LogP contribution in [0.5, 0.6) is 0 Å². The Balaban J connectivity index is 1.99. The molecule has 0 saturated carbocycles. The molecule has 0 spiro atoms. The summed E-state index contributed by atoms with van der Waals surface area (Å²) in [5.41, 5.74) is 2.36. The van der Waals surface area contributed by atoms with E-state index in [1.54, 1.807) is 25.2 Å². The summed E-state index contributed by atoms with van der Waals surface area (Å²) in [6.45, 7) is 0. The summed E-state index contributed by atoms with van der Waals surface area (Å²) < 4.78 is 27.2. The van der Waals surface area contributed by atoms with Crippen molar-refractivity contribution >= 4 is 21.6 Å². The highest BCUT2D eigenvalue weighted by molar-refractivity contribution is 7.89. The van der Waals surface area contributed by atoms with Crippen LogP contribution < -0.4 is 0 Å². The van der Waals surface area contributed by atoms with Crippen LogP contribution in [-0.2, 0) is 16.4 Å². The van der Waals surface area contributed by atoms with Crippen LogP contribution in [-0.4, -0.2) is 19.8 Å². The van der Waals surface area contributed by atoms with E-state index >= 15 is 0 Å². The lowest BCUT2D eigenvalue weighted by Gasteiger charge is -2.32. The van der Waals surface area contributed by atoms with Crippen LogP contribution >= 0.6 is 11.6 Å². The number of hydrogen-bond donors (Lipinski definition) is 0. The minimum atomic E-state index is -3.55. The Morgan fingerprint density at radius 2 is 1.91 bits per heavy atom. The molecule has 22 heavy (non-hydrogen) atoms. The van der Waals surface area contributed by atoms with Crippen molar-refractivity contribution in [2.24, 2.45) is 0 Å². The van der Waals surface area contributed by atoms with Gasteiger partial charge in [-0.05, 0) is 48.6 Å². The number of rotatable bonds is 3. The Labute approximate surface area is 136 Å². The van der Waals surface area contributed by atoms with Crippen molar-refractivity contribution in [2.75, 3.05) is 7.05 Å². The fourth-order valence-corrected chi connectivity index (χ4v) is 4.74. The first kappa shape index (κ1) is 15.5. The number of halogens is 1. The van der Waals surface area contributed by atoms with Gasteiger partial charge in [0.25, 0.3) is 0 Å². The summed E-state index contributed by atoms with van der Waals surface area (Å²) >= 11 is 5.94. The van der Waals surface area contributed by atoms with Gasteiger partial charge in [0.1, 0.15) is 0 Å². The molecule has 0 unspecified atom stereocenters.